The largest absolute Gasteiger partial charge is 0.507 e. The van der Waals surface area contributed by atoms with Crippen LogP contribution in [0.15, 0.2) is 54.1 Å². The summed E-state index contributed by atoms with van der Waals surface area (Å²) in [5, 5.41) is 11.2. The maximum absolute atomic E-state index is 13.1. The number of ether oxygens (including phenoxy) is 1. The summed E-state index contributed by atoms with van der Waals surface area (Å²) in [6, 6.07) is 14.3. The Kier molecular flexibility index (Phi) is 7.82. The number of rotatable bonds is 8. The molecule has 182 valence electrons. The molecule has 6 nitrogen and oxygen atoms in total. The molecule has 0 radical (unpaired) electrons. The van der Waals surface area contributed by atoms with E-state index in [1.54, 1.807) is 29.2 Å². The summed E-state index contributed by atoms with van der Waals surface area (Å²) in [4.78, 5) is 29.7. The number of aliphatic hydroxyl groups excluding tert-OH is 1. The zero-order valence-corrected chi connectivity index (χ0v) is 21.1. The van der Waals surface area contributed by atoms with Gasteiger partial charge in [0.1, 0.15) is 11.5 Å². The Labute approximate surface area is 202 Å². The molecule has 0 unspecified atom stereocenters. The van der Waals surface area contributed by atoms with Gasteiger partial charge in [-0.3, -0.25) is 9.59 Å². The summed E-state index contributed by atoms with van der Waals surface area (Å²) in [5.74, 6) is -0.722. The molecule has 0 bridgehead atoms. The molecule has 2 aromatic rings. The van der Waals surface area contributed by atoms with Crippen LogP contribution in [0, 0.1) is 0 Å². The van der Waals surface area contributed by atoms with Crippen molar-refractivity contribution in [2.24, 2.45) is 0 Å². The van der Waals surface area contributed by atoms with Crippen LogP contribution in [0.25, 0.3) is 5.76 Å². The van der Waals surface area contributed by atoms with Crippen LogP contribution in [-0.2, 0) is 15.0 Å². The Morgan fingerprint density at radius 2 is 1.65 bits per heavy atom. The number of Topliss-reactive ketones (excluding diaryl/α,β-unsaturated/α-hetero) is 1. The van der Waals surface area contributed by atoms with Crippen molar-refractivity contribution >= 4 is 17.4 Å². The number of amides is 1. The number of carbonyl (C=O) groups is 2. The topological polar surface area (TPSA) is 70.1 Å². The zero-order chi connectivity index (χ0) is 25.0. The van der Waals surface area contributed by atoms with Crippen molar-refractivity contribution < 1.29 is 19.4 Å². The molecule has 3 rings (SSSR count). The Balaban J connectivity index is 2.06. The van der Waals surface area contributed by atoms with E-state index < -0.39 is 17.7 Å². The molecule has 1 heterocycles. The van der Waals surface area contributed by atoms with E-state index in [9.17, 15) is 14.7 Å². The molecule has 34 heavy (non-hydrogen) atoms. The molecule has 0 aliphatic carbocycles. The summed E-state index contributed by atoms with van der Waals surface area (Å²) in [7, 11) is 3.85. The van der Waals surface area contributed by atoms with Gasteiger partial charge in [-0.15, -0.1) is 0 Å². The van der Waals surface area contributed by atoms with Crippen LogP contribution in [-0.4, -0.2) is 60.4 Å². The van der Waals surface area contributed by atoms with Gasteiger partial charge < -0.3 is 19.6 Å². The van der Waals surface area contributed by atoms with Crippen molar-refractivity contribution in [2.45, 2.75) is 45.6 Å². The predicted molar refractivity (Wildman–Crippen MR) is 135 cm³/mol. The van der Waals surface area contributed by atoms with E-state index in [2.05, 4.69) is 20.8 Å². The third kappa shape index (κ3) is 5.50. The molecular weight excluding hydrogens is 428 g/mol. The molecule has 1 aliphatic heterocycles. The summed E-state index contributed by atoms with van der Waals surface area (Å²) >= 11 is 0. The Hall–Kier alpha value is -3.12. The minimum Gasteiger partial charge on any atom is -0.507 e. The average molecular weight is 465 g/mol. The predicted octanol–water partition coefficient (Wildman–Crippen LogP) is 4.76. The average Bonchev–Trinajstić information content (AvgIpc) is 3.05. The second-order valence-corrected chi connectivity index (χ2v) is 10.0. The summed E-state index contributed by atoms with van der Waals surface area (Å²) in [6.45, 7) is 10.0. The number of nitrogens with zero attached hydrogens (tertiary/aromatic N) is 2. The highest BCUT2D eigenvalue weighted by molar-refractivity contribution is 6.46. The molecule has 1 fully saturated rings. The summed E-state index contributed by atoms with van der Waals surface area (Å²) in [6.07, 6.45) is 0.895. The van der Waals surface area contributed by atoms with Crippen molar-refractivity contribution in [3.8, 4) is 5.75 Å². The Bertz CT molecular complexity index is 1050. The van der Waals surface area contributed by atoms with Crippen LogP contribution in [0.2, 0.25) is 0 Å². The third-order valence-electron chi connectivity index (χ3n) is 6.02. The van der Waals surface area contributed by atoms with Crippen molar-refractivity contribution in [3.05, 3.63) is 70.8 Å². The van der Waals surface area contributed by atoms with E-state index in [1.165, 1.54) is 0 Å². The second kappa shape index (κ2) is 10.4. The normalized spacial score (nSPS) is 18.1. The van der Waals surface area contributed by atoms with Gasteiger partial charge in [-0.2, -0.15) is 0 Å². The SMILES string of the molecule is CCCOc1ccc(/C(O)=C2\C(=O)C(=O)N(CCN(C)C)[C@H]2c2ccc(C(C)(C)C)cc2)cc1. The molecular formula is C28H36N2O4. The van der Waals surface area contributed by atoms with Gasteiger partial charge in [-0.1, -0.05) is 52.0 Å². The van der Waals surface area contributed by atoms with E-state index in [-0.39, 0.29) is 16.7 Å². The van der Waals surface area contributed by atoms with Crippen LogP contribution in [0.4, 0.5) is 0 Å². The number of hydrogen-bond donors (Lipinski definition) is 1. The Morgan fingerprint density at radius 3 is 2.18 bits per heavy atom. The first-order valence-electron chi connectivity index (χ1n) is 11.8. The molecule has 1 aliphatic rings. The summed E-state index contributed by atoms with van der Waals surface area (Å²) in [5.41, 5.74) is 2.53. The first-order valence-corrected chi connectivity index (χ1v) is 11.8. The number of carbonyl (C=O) groups excluding carboxylic acids is 2. The minimum absolute atomic E-state index is 0.0210. The van der Waals surface area contributed by atoms with Gasteiger partial charge in [0.05, 0.1) is 18.2 Å². The molecule has 0 spiro atoms. The fourth-order valence-electron chi connectivity index (χ4n) is 4.01. The quantitative estimate of drug-likeness (QED) is 0.347. The molecule has 1 N–H and O–H groups in total. The minimum atomic E-state index is -0.660. The van der Waals surface area contributed by atoms with Gasteiger partial charge in [-0.05, 0) is 61.3 Å². The number of aliphatic hydroxyl groups is 1. The molecule has 0 aromatic heterocycles. The molecule has 1 atom stereocenters. The van der Waals surface area contributed by atoms with E-state index >= 15 is 0 Å². The summed E-state index contributed by atoms with van der Waals surface area (Å²) < 4.78 is 5.62. The molecule has 1 saturated heterocycles. The molecule has 2 aromatic carbocycles. The standard InChI is InChI=1S/C28H36N2O4/c1-7-18-34-22-14-10-20(11-15-22)25(31)23-24(19-8-12-21(13-9-19)28(2,3)4)30(17-16-29(5)6)27(33)26(23)32/h8-15,24,31H,7,16-18H2,1-6H3/b25-23+/t24-/m0/s1. The maximum Gasteiger partial charge on any atom is 0.295 e. The maximum atomic E-state index is 13.1. The van der Waals surface area contributed by atoms with Gasteiger partial charge in [-0.25, -0.2) is 0 Å². The van der Waals surface area contributed by atoms with Gasteiger partial charge in [0.25, 0.3) is 11.7 Å². The fourth-order valence-corrected chi connectivity index (χ4v) is 4.01. The highest BCUT2D eigenvalue weighted by atomic mass is 16.5. The van der Waals surface area contributed by atoms with Crippen molar-refractivity contribution in [3.63, 3.8) is 0 Å². The van der Waals surface area contributed by atoms with Crippen LogP contribution in [0.1, 0.15) is 56.8 Å². The monoisotopic (exact) mass is 464 g/mol. The fraction of sp³-hybridized carbons (Fsp3) is 0.429. The van der Waals surface area contributed by atoms with E-state index in [0.29, 0.717) is 31.0 Å². The van der Waals surface area contributed by atoms with Gasteiger partial charge >= 0.3 is 0 Å². The number of hydrogen-bond acceptors (Lipinski definition) is 5. The van der Waals surface area contributed by atoms with E-state index in [4.69, 9.17) is 4.74 Å². The van der Waals surface area contributed by atoms with Crippen LogP contribution in [0.3, 0.4) is 0 Å². The van der Waals surface area contributed by atoms with Gasteiger partial charge in [0, 0.05) is 18.7 Å². The molecule has 1 amide bonds. The zero-order valence-electron chi connectivity index (χ0n) is 21.1. The number of benzene rings is 2. The lowest BCUT2D eigenvalue weighted by atomic mass is 9.85. The number of ketones is 1. The lowest BCUT2D eigenvalue weighted by molar-refractivity contribution is -0.140. The van der Waals surface area contributed by atoms with Crippen LogP contribution in [0.5, 0.6) is 5.75 Å². The van der Waals surface area contributed by atoms with E-state index in [0.717, 1.165) is 17.5 Å². The van der Waals surface area contributed by atoms with Gasteiger partial charge in [0.2, 0.25) is 0 Å². The smallest absolute Gasteiger partial charge is 0.295 e. The Morgan fingerprint density at radius 1 is 1.03 bits per heavy atom. The van der Waals surface area contributed by atoms with Crippen LogP contribution >= 0.6 is 0 Å². The third-order valence-corrected chi connectivity index (χ3v) is 6.02. The van der Waals surface area contributed by atoms with Crippen LogP contribution < -0.4 is 4.74 Å². The van der Waals surface area contributed by atoms with E-state index in [1.807, 2.05) is 50.2 Å². The molecule has 6 heteroatoms. The van der Waals surface area contributed by atoms with Crippen molar-refractivity contribution in [1.29, 1.82) is 0 Å². The molecule has 0 saturated carbocycles. The van der Waals surface area contributed by atoms with Gasteiger partial charge in [0.15, 0.2) is 0 Å². The lowest BCUT2D eigenvalue weighted by Gasteiger charge is -2.27. The van der Waals surface area contributed by atoms with Crippen molar-refractivity contribution in [2.75, 3.05) is 33.8 Å². The number of likely N-dealkylation sites (tertiary alicyclic amines) is 1. The number of likely N-dealkylation sites (N-methyl/N-ethyl adjacent to an activating group) is 1. The second-order valence-electron chi connectivity index (χ2n) is 10.0. The highest BCUT2D eigenvalue weighted by Crippen LogP contribution is 2.40. The first-order chi connectivity index (χ1) is 16.0. The van der Waals surface area contributed by atoms with Crippen molar-refractivity contribution in [1.82, 2.24) is 9.80 Å². The highest BCUT2D eigenvalue weighted by Gasteiger charge is 2.45. The lowest BCUT2D eigenvalue weighted by Crippen LogP contribution is -2.35. The first kappa shape index (κ1) is 25.5.